The van der Waals surface area contributed by atoms with Crippen LogP contribution in [0.4, 0.5) is 0 Å². The van der Waals surface area contributed by atoms with Gasteiger partial charge in [-0.2, -0.15) is 0 Å². The molecule has 1 aliphatic rings. The first-order valence-corrected chi connectivity index (χ1v) is 11.7. The van der Waals surface area contributed by atoms with Gasteiger partial charge in [0.05, 0.1) is 19.8 Å². The second-order valence-electron chi connectivity index (χ2n) is 7.81. The summed E-state index contributed by atoms with van der Waals surface area (Å²) in [5.74, 6) is 1.92. The molecule has 0 spiro atoms. The summed E-state index contributed by atoms with van der Waals surface area (Å²) < 4.78 is 27.0. The highest BCUT2D eigenvalue weighted by molar-refractivity contribution is 7.46. The molecule has 164 valence electrons. The minimum absolute atomic E-state index is 0.139. The lowest BCUT2D eigenvalue weighted by molar-refractivity contribution is 0.153. The molecule has 30 heavy (non-hydrogen) atoms. The fourth-order valence-corrected chi connectivity index (χ4v) is 4.29. The van der Waals surface area contributed by atoms with Crippen molar-refractivity contribution in [1.29, 1.82) is 0 Å². The summed E-state index contributed by atoms with van der Waals surface area (Å²) in [5.41, 5.74) is 7.88. The van der Waals surface area contributed by atoms with Crippen LogP contribution in [0.1, 0.15) is 43.2 Å². The van der Waals surface area contributed by atoms with Crippen molar-refractivity contribution in [1.82, 2.24) is 0 Å². The number of hydrogen-bond acceptors (Lipinski definition) is 5. The molecule has 2 aromatic rings. The van der Waals surface area contributed by atoms with Crippen molar-refractivity contribution >= 4 is 7.82 Å². The molecule has 0 radical (unpaired) electrons. The summed E-state index contributed by atoms with van der Waals surface area (Å²) in [6.07, 6.45) is 2.94. The second kappa shape index (κ2) is 9.94. The summed E-state index contributed by atoms with van der Waals surface area (Å²) in [6.45, 7) is 3.05. The van der Waals surface area contributed by atoms with E-state index in [4.69, 9.17) is 25.0 Å². The molecule has 2 atom stereocenters. The van der Waals surface area contributed by atoms with Crippen molar-refractivity contribution in [2.75, 3.05) is 19.8 Å². The molecular weight excluding hydrogens is 405 g/mol. The third kappa shape index (κ3) is 6.83. The SMILES string of the molecule is CCOc1cccc(CCOc2ccc([C@@H]3CC[C@](N)(COP(=O)(O)O)C3)cc2)c1. The summed E-state index contributed by atoms with van der Waals surface area (Å²) in [4.78, 5) is 17.8. The van der Waals surface area contributed by atoms with E-state index in [0.29, 0.717) is 26.1 Å². The van der Waals surface area contributed by atoms with E-state index in [0.717, 1.165) is 29.9 Å². The van der Waals surface area contributed by atoms with Crippen LogP contribution in [-0.2, 0) is 15.5 Å². The lowest BCUT2D eigenvalue weighted by atomic mass is 9.94. The number of phosphoric acid groups is 1. The quantitative estimate of drug-likeness (QED) is 0.487. The second-order valence-corrected chi connectivity index (χ2v) is 9.05. The van der Waals surface area contributed by atoms with Gasteiger partial charge in [-0.05, 0) is 67.5 Å². The molecule has 0 aliphatic heterocycles. The molecule has 8 heteroatoms. The van der Waals surface area contributed by atoms with Gasteiger partial charge in [-0.25, -0.2) is 4.57 Å². The van der Waals surface area contributed by atoms with Crippen molar-refractivity contribution in [3.63, 3.8) is 0 Å². The number of rotatable bonds is 10. The van der Waals surface area contributed by atoms with E-state index in [-0.39, 0.29) is 12.5 Å². The van der Waals surface area contributed by atoms with Gasteiger partial charge in [-0.1, -0.05) is 24.3 Å². The Morgan fingerprint density at radius 3 is 2.60 bits per heavy atom. The van der Waals surface area contributed by atoms with Crippen molar-refractivity contribution in [3.05, 3.63) is 59.7 Å². The van der Waals surface area contributed by atoms with Crippen molar-refractivity contribution in [2.24, 2.45) is 5.73 Å². The first-order chi connectivity index (χ1) is 14.3. The molecule has 1 aliphatic carbocycles. The number of ether oxygens (including phenoxy) is 2. The third-order valence-electron chi connectivity index (χ3n) is 5.38. The van der Waals surface area contributed by atoms with E-state index in [9.17, 15) is 4.57 Å². The Morgan fingerprint density at radius 1 is 1.13 bits per heavy atom. The predicted octanol–water partition coefficient (Wildman–Crippen LogP) is 3.78. The van der Waals surface area contributed by atoms with Gasteiger partial charge in [0.2, 0.25) is 0 Å². The number of phosphoric ester groups is 1. The lowest BCUT2D eigenvalue weighted by Gasteiger charge is -2.24. The highest BCUT2D eigenvalue weighted by atomic mass is 31.2. The highest BCUT2D eigenvalue weighted by Crippen LogP contribution is 2.43. The third-order valence-corrected chi connectivity index (χ3v) is 5.85. The molecule has 0 bridgehead atoms. The molecule has 4 N–H and O–H groups in total. The molecule has 2 aromatic carbocycles. The maximum atomic E-state index is 10.9. The molecule has 7 nitrogen and oxygen atoms in total. The molecular formula is C22H30NO6P. The molecule has 3 rings (SSSR count). The van der Waals surface area contributed by atoms with E-state index in [2.05, 4.69) is 10.6 Å². The van der Waals surface area contributed by atoms with Crippen LogP contribution < -0.4 is 15.2 Å². The number of hydrogen-bond donors (Lipinski definition) is 3. The zero-order valence-electron chi connectivity index (χ0n) is 17.2. The first-order valence-electron chi connectivity index (χ1n) is 10.2. The Balaban J connectivity index is 1.48. The van der Waals surface area contributed by atoms with E-state index >= 15 is 0 Å². The highest BCUT2D eigenvalue weighted by Gasteiger charge is 2.38. The molecule has 1 saturated carbocycles. The standard InChI is InChI=1S/C22H30NO6P/c1-2-27-21-5-3-4-17(14-21)11-13-28-20-8-6-18(7-9-20)19-10-12-22(23,15-19)16-29-30(24,25)26/h3-9,14,19H,2,10-13,15-16,23H2,1H3,(H2,24,25,26)/t19-,22-/m1/s1. The van der Waals surface area contributed by atoms with Crippen molar-refractivity contribution in [3.8, 4) is 11.5 Å². The average Bonchev–Trinajstić information content (AvgIpc) is 3.10. The minimum Gasteiger partial charge on any atom is -0.494 e. The van der Waals surface area contributed by atoms with E-state index in [1.807, 2.05) is 49.4 Å². The van der Waals surface area contributed by atoms with Crippen LogP contribution in [0.15, 0.2) is 48.5 Å². The first kappa shape index (κ1) is 22.8. The van der Waals surface area contributed by atoms with Crippen LogP contribution in [0.2, 0.25) is 0 Å². The summed E-state index contributed by atoms with van der Waals surface area (Å²) in [7, 11) is -4.50. The zero-order valence-corrected chi connectivity index (χ0v) is 18.1. The van der Waals surface area contributed by atoms with Gasteiger partial charge in [0, 0.05) is 12.0 Å². The largest absolute Gasteiger partial charge is 0.494 e. The van der Waals surface area contributed by atoms with E-state index in [1.165, 1.54) is 5.56 Å². The van der Waals surface area contributed by atoms with Crippen LogP contribution >= 0.6 is 7.82 Å². The minimum atomic E-state index is -4.50. The normalized spacial score (nSPS) is 21.5. The Kier molecular flexibility index (Phi) is 7.55. The van der Waals surface area contributed by atoms with E-state index < -0.39 is 13.4 Å². The van der Waals surface area contributed by atoms with Crippen LogP contribution in [0.3, 0.4) is 0 Å². The fraction of sp³-hybridized carbons (Fsp3) is 0.455. The number of benzene rings is 2. The Hall–Kier alpha value is -1.89. The van der Waals surface area contributed by atoms with Crippen LogP contribution in [0, 0.1) is 0 Å². The van der Waals surface area contributed by atoms with Gasteiger partial charge < -0.3 is 25.0 Å². The number of nitrogens with two attached hydrogens (primary N) is 1. The maximum Gasteiger partial charge on any atom is 0.469 e. The molecule has 0 saturated heterocycles. The summed E-state index contributed by atoms with van der Waals surface area (Å²) in [5, 5.41) is 0. The van der Waals surface area contributed by atoms with Gasteiger partial charge in [0.15, 0.2) is 0 Å². The van der Waals surface area contributed by atoms with Crippen LogP contribution in [0.25, 0.3) is 0 Å². The lowest BCUT2D eigenvalue weighted by Crippen LogP contribution is -2.41. The Morgan fingerprint density at radius 2 is 1.90 bits per heavy atom. The monoisotopic (exact) mass is 435 g/mol. The van der Waals surface area contributed by atoms with Gasteiger partial charge in [-0.3, -0.25) is 4.52 Å². The molecule has 1 fully saturated rings. The van der Waals surface area contributed by atoms with Gasteiger partial charge in [0.1, 0.15) is 11.5 Å². The summed E-state index contributed by atoms with van der Waals surface area (Å²) in [6, 6.07) is 16.0. The van der Waals surface area contributed by atoms with Gasteiger partial charge in [0.25, 0.3) is 0 Å². The molecule has 0 aromatic heterocycles. The van der Waals surface area contributed by atoms with E-state index in [1.54, 1.807) is 0 Å². The maximum absolute atomic E-state index is 10.9. The Labute approximate surface area is 177 Å². The average molecular weight is 435 g/mol. The Bertz CT molecular complexity index is 868. The molecule has 0 heterocycles. The zero-order chi connectivity index (χ0) is 21.6. The molecule has 0 amide bonds. The molecule has 0 unspecified atom stereocenters. The topological polar surface area (TPSA) is 111 Å². The van der Waals surface area contributed by atoms with Gasteiger partial charge in [-0.15, -0.1) is 0 Å². The fourth-order valence-electron chi connectivity index (χ4n) is 3.87. The summed E-state index contributed by atoms with van der Waals surface area (Å²) >= 11 is 0. The van der Waals surface area contributed by atoms with Crippen molar-refractivity contribution in [2.45, 2.75) is 44.1 Å². The smallest absolute Gasteiger partial charge is 0.469 e. The van der Waals surface area contributed by atoms with Crippen molar-refractivity contribution < 1.29 is 28.3 Å². The van der Waals surface area contributed by atoms with Gasteiger partial charge >= 0.3 is 7.82 Å². The predicted molar refractivity (Wildman–Crippen MR) is 115 cm³/mol. The van der Waals surface area contributed by atoms with Crippen LogP contribution in [0.5, 0.6) is 11.5 Å². The van der Waals surface area contributed by atoms with Crippen LogP contribution in [-0.4, -0.2) is 35.1 Å².